The summed E-state index contributed by atoms with van der Waals surface area (Å²) in [5, 5.41) is 19.1. The quantitative estimate of drug-likeness (QED) is 0.446. The topological polar surface area (TPSA) is 122 Å². The van der Waals surface area contributed by atoms with Crippen molar-refractivity contribution in [3.05, 3.63) is 10.1 Å². The summed E-state index contributed by atoms with van der Waals surface area (Å²) in [7, 11) is 0. The number of hydrogen-bond donors (Lipinski definition) is 2. The summed E-state index contributed by atoms with van der Waals surface area (Å²) in [4.78, 5) is 18.6. The van der Waals surface area contributed by atoms with E-state index < -0.39 is 5.09 Å². The molecule has 3 N–H and O–H groups in total. The SMILES string of the molecule is NC(=O)CN1CSC=N1.O=[N+]([O-])O. The number of carbonyl (C=O) groups is 1. The molecule has 0 saturated carbocycles. The number of nitrogens with zero attached hydrogens (tertiary/aromatic N) is 3. The van der Waals surface area contributed by atoms with E-state index in [0.29, 0.717) is 0 Å². The van der Waals surface area contributed by atoms with Crippen molar-refractivity contribution in [2.24, 2.45) is 10.8 Å². The van der Waals surface area contributed by atoms with Gasteiger partial charge in [-0.2, -0.15) is 5.10 Å². The largest absolute Gasteiger partial charge is 0.368 e. The number of rotatable bonds is 2. The molecule has 74 valence electrons. The van der Waals surface area contributed by atoms with E-state index in [0.717, 1.165) is 5.88 Å². The van der Waals surface area contributed by atoms with Crippen LogP contribution in [0.25, 0.3) is 0 Å². The summed E-state index contributed by atoms with van der Waals surface area (Å²) in [6, 6.07) is 0. The van der Waals surface area contributed by atoms with Gasteiger partial charge in [-0.05, 0) is 0 Å². The Balaban J connectivity index is 0.000000310. The van der Waals surface area contributed by atoms with Gasteiger partial charge < -0.3 is 10.9 Å². The Hall–Kier alpha value is -1.51. The minimum atomic E-state index is -1.50. The Morgan fingerprint density at radius 1 is 1.92 bits per heavy atom. The highest BCUT2D eigenvalue weighted by atomic mass is 32.2. The number of carbonyl (C=O) groups excluding carboxylic acids is 1. The van der Waals surface area contributed by atoms with Crippen molar-refractivity contribution in [1.29, 1.82) is 0 Å². The number of thioether (sulfide) groups is 1. The van der Waals surface area contributed by atoms with E-state index in [1.165, 1.54) is 0 Å². The standard InChI is InChI=1S/C4H7N3OS.HNO3/c5-4(8)1-7-3-9-2-6-7;2-1(3)4/h2H,1,3H2,(H2,5,8);(H,2,3,4). The molecule has 0 radical (unpaired) electrons. The number of nitrogens with two attached hydrogens (primary N) is 1. The number of hydrazone groups is 1. The molecule has 0 atom stereocenters. The molecular formula is C4H8N4O4S. The van der Waals surface area contributed by atoms with Crippen LogP contribution in [0, 0.1) is 10.1 Å². The van der Waals surface area contributed by atoms with Crippen LogP contribution in [0.3, 0.4) is 0 Å². The average molecular weight is 208 g/mol. The lowest BCUT2D eigenvalue weighted by Gasteiger charge is -2.07. The van der Waals surface area contributed by atoms with Gasteiger partial charge in [0.05, 0.1) is 11.4 Å². The fraction of sp³-hybridized carbons (Fsp3) is 0.500. The zero-order valence-electron chi connectivity index (χ0n) is 6.49. The van der Waals surface area contributed by atoms with Crippen LogP contribution in [0.1, 0.15) is 0 Å². The number of amides is 1. The molecule has 13 heavy (non-hydrogen) atoms. The molecule has 0 aromatic rings. The molecule has 1 aliphatic heterocycles. The maximum Gasteiger partial charge on any atom is 0.291 e. The zero-order chi connectivity index (χ0) is 10.3. The van der Waals surface area contributed by atoms with Gasteiger partial charge in [-0.1, -0.05) is 11.8 Å². The van der Waals surface area contributed by atoms with E-state index in [-0.39, 0.29) is 12.5 Å². The second-order valence-corrected chi connectivity index (χ2v) is 2.69. The normalized spacial score (nSPS) is 13.4. The summed E-state index contributed by atoms with van der Waals surface area (Å²) in [6.07, 6.45) is 0. The van der Waals surface area contributed by atoms with Gasteiger partial charge in [-0.3, -0.25) is 9.80 Å². The summed E-state index contributed by atoms with van der Waals surface area (Å²) in [5.41, 5.74) is 6.61. The average Bonchev–Trinajstić information content (AvgIpc) is 2.36. The highest BCUT2D eigenvalue weighted by Crippen LogP contribution is 2.07. The van der Waals surface area contributed by atoms with Crippen LogP contribution in [0.4, 0.5) is 0 Å². The first-order valence-electron chi connectivity index (χ1n) is 3.03. The molecule has 0 aliphatic carbocycles. The molecule has 0 bridgehead atoms. The number of hydrogen-bond acceptors (Lipinski definition) is 6. The highest BCUT2D eigenvalue weighted by molar-refractivity contribution is 8.12. The molecule has 0 spiro atoms. The fourth-order valence-electron chi connectivity index (χ4n) is 0.519. The molecule has 8 nitrogen and oxygen atoms in total. The van der Waals surface area contributed by atoms with E-state index in [2.05, 4.69) is 5.10 Å². The van der Waals surface area contributed by atoms with Gasteiger partial charge in [0, 0.05) is 0 Å². The number of primary amides is 1. The lowest BCUT2D eigenvalue weighted by Crippen LogP contribution is -2.27. The van der Waals surface area contributed by atoms with Crippen LogP contribution >= 0.6 is 11.8 Å². The van der Waals surface area contributed by atoms with Crippen LogP contribution in [-0.2, 0) is 4.79 Å². The zero-order valence-corrected chi connectivity index (χ0v) is 7.31. The summed E-state index contributed by atoms with van der Waals surface area (Å²) >= 11 is 1.55. The molecule has 1 amide bonds. The second kappa shape index (κ2) is 6.06. The van der Waals surface area contributed by atoms with Gasteiger partial charge in [0.2, 0.25) is 5.91 Å². The Morgan fingerprint density at radius 2 is 2.46 bits per heavy atom. The fourth-order valence-corrected chi connectivity index (χ4v) is 1.12. The molecule has 0 saturated heterocycles. The maximum atomic E-state index is 10.3. The Kier molecular flexibility index (Phi) is 5.35. The van der Waals surface area contributed by atoms with Crippen molar-refractivity contribution in [2.75, 3.05) is 12.4 Å². The molecular weight excluding hydrogens is 200 g/mol. The molecule has 1 aliphatic rings. The van der Waals surface area contributed by atoms with Crippen molar-refractivity contribution < 1.29 is 15.1 Å². The van der Waals surface area contributed by atoms with Gasteiger partial charge in [-0.25, -0.2) is 0 Å². The van der Waals surface area contributed by atoms with E-state index in [1.807, 2.05) is 0 Å². The van der Waals surface area contributed by atoms with Crippen LogP contribution in [0.15, 0.2) is 5.10 Å². The van der Waals surface area contributed by atoms with Crippen molar-refractivity contribution >= 4 is 23.2 Å². The predicted octanol–water partition coefficient (Wildman–Crippen LogP) is -0.926. The molecule has 1 heterocycles. The van der Waals surface area contributed by atoms with Gasteiger partial charge in [-0.15, -0.1) is 10.1 Å². The second-order valence-electron chi connectivity index (χ2n) is 1.89. The van der Waals surface area contributed by atoms with Crippen LogP contribution in [0.5, 0.6) is 0 Å². The Morgan fingerprint density at radius 3 is 2.77 bits per heavy atom. The van der Waals surface area contributed by atoms with E-state index >= 15 is 0 Å². The molecule has 0 fully saturated rings. The third-order valence-corrected chi connectivity index (χ3v) is 1.54. The lowest BCUT2D eigenvalue weighted by molar-refractivity contribution is -0.742. The predicted molar refractivity (Wildman–Crippen MR) is 45.6 cm³/mol. The highest BCUT2D eigenvalue weighted by Gasteiger charge is 2.07. The lowest BCUT2D eigenvalue weighted by atomic mass is 10.6. The van der Waals surface area contributed by atoms with Crippen LogP contribution < -0.4 is 5.73 Å². The third kappa shape index (κ3) is 8.40. The van der Waals surface area contributed by atoms with Crippen molar-refractivity contribution in [3.63, 3.8) is 0 Å². The Bertz CT molecular complexity index is 216. The van der Waals surface area contributed by atoms with Crippen LogP contribution in [-0.4, -0.2) is 39.2 Å². The first-order valence-corrected chi connectivity index (χ1v) is 4.08. The van der Waals surface area contributed by atoms with Crippen molar-refractivity contribution in [2.45, 2.75) is 0 Å². The summed E-state index contributed by atoms with van der Waals surface area (Å²) in [6.45, 7) is 0.226. The first kappa shape index (κ1) is 11.5. The van der Waals surface area contributed by atoms with E-state index in [1.54, 1.807) is 22.3 Å². The molecule has 9 heteroatoms. The van der Waals surface area contributed by atoms with Crippen molar-refractivity contribution in [1.82, 2.24) is 5.01 Å². The summed E-state index contributed by atoms with van der Waals surface area (Å²) < 4.78 is 0. The molecule has 0 aromatic carbocycles. The van der Waals surface area contributed by atoms with Gasteiger partial charge in [0.1, 0.15) is 6.54 Å². The Labute approximate surface area is 77.5 Å². The summed E-state index contributed by atoms with van der Waals surface area (Å²) in [5.74, 6) is 0.401. The molecule has 1 rings (SSSR count). The van der Waals surface area contributed by atoms with E-state index in [4.69, 9.17) is 21.1 Å². The smallest absolute Gasteiger partial charge is 0.291 e. The van der Waals surface area contributed by atoms with Crippen molar-refractivity contribution in [3.8, 4) is 0 Å². The van der Waals surface area contributed by atoms with Gasteiger partial charge in [0.15, 0.2) is 0 Å². The van der Waals surface area contributed by atoms with Crippen LogP contribution in [0.2, 0.25) is 0 Å². The minimum absolute atomic E-state index is 0.226. The maximum absolute atomic E-state index is 10.3. The first-order chi connectivity index (χ1) is 6.02. The monoisotopic (exact) mass is 208 g/mol. The van der Waals surface area contributed by atoms with E-state index in [9.17, 15) is 4.79 Å². The minimum Gasteiger partial charge on any atom is -0.368 e. The molecule has 0 aromatic heterocycles. The molecule has 0 unspecified atom stereocenters. The third-order valence-electron chi connectivity index (χ3n) is 0.847. The van der Waals surface area contributed by atoms with Gasteiger partial charge in [0.25, 0.3) is 5.09 Å². The van der Waals surface area contributed by atoms with Gasteiger partial charge >= 0.3 is 0 Å².